The molecule has 0 radical (unpaired) electrons. The normalized spacial score (nSPS) is 20.8. The minimum Gasteiger partial charge on any atom is -0.454 e. The van der Waals surface area contributed by atoms with Gasteiger partial charge in [0.2, 0.25) is 6.79 Å². The lowest BCUT2D eigenvalue weighted by Gasteiger charge is -2.27. The number of thiophene rings is 1. The third-order valence-corrected chi connectivity index (χ3v) is 6.17. The fourth-order valence-corrected chi connectivity index (χ4v) is 4.92. The molecule has 0 saturated carbocycles. The third kappa shape index (κ3) is 2.83. The average Bonchev–Trinajstić information content (AvgIpc) is 3.39. The van der Waals surface area contributed by atoms with Crippen LogP contribution in [0.1, 0.15) is 27.5 Å². The summed E-state index contributed by atoms with van der Waals surface area (Å²) >= 11 is 7.52. The Bertz CT molecular complexity index is 1010. The van der Waals surface area contributed by atoms with Crippen LogP contribution in [0.5, 0.6) is 11.5 Å². The number of hydrogen-bond donors (Lipinski definition) is 1. The topological polar surface area (TPSA) is 46.6 Å². The van der Waals surface area contributed by atoms with Crippen LogP contribution < -0.4 is 19.7 Å². The van der Waals surface area contributed by atoms with Gasteiger partial charge in [0.05, 0.1) is 17.8 Å². The van der Waals surface area contributed by atoms with Gasteiger partial charge in [0.25, 0.3) is 0 Å². The maximum atomic E-state index is 5.73. The van der Waals surface area contributed by atoms with Gasteiger partial charge in [-0.1, -0.05) is 6.07 Å². The van der Waals surface area contributed by atoms with Crippen molar-refractivity contribution in [3.63, 3.8) is 0 Å². The van der Waals surface area contributed by atoms with E-state index in [1.807, 2.05) is 42.6 Å². The van der Waals surface area contributed by atoms with Gasteiger partial charge in [-0.2, -0.15) is 0 Å². The number of fused-ring (bicyclic) bond motifs is 1. The first-order valence-corrected chi connectivity index (χ1v) is 9.90. The summed E-state index contributed by atoms with van der Waals surface area (Å²) in [5.41, 5.74) is 1.95. The maximum absolute atomic E-state index is 5.73. The molecule has 2 aromatic heterocycles. The molecular weight excluding hydrogens is 378 g/mol. The molecule has 0 bridgehead atoms. The largest absolute Gasteiger partial charge is 0.454 e. The molecular formula is C20H17N3O2S2. The summed E-state index contributed by atoms with van der Waals surface area (Å²) in [6, 6.07) is 16.2. The molecule has 1 fully saturated rings. The molecule has 0 amide bonds. The van der Waals surface area contributed by atoms with Crippen molar-refractivity contribution in [3.05, 3.63) is 70.2 Å². The minimum atomic E-state index is -0.0258. The summed E-state index contributed by atoms with van der Waals surface area (Å²) in [6.45, 7) is 2.38. The summed E-state index contributed by atoms with van der Waals surface area (Å²) in [7, 11) is 0. The van der Waals surface area contributed by atoms with Crippen LogP contribution in [-0.2, 0) is 0 Å². The van der Waals surface area contributed by atoms with Crippen LogP contribution >= 0.6 is 23.6 Å². The van der Waals surface area contributed by atoms with Gasteiger partial charge < -0.3 is 19.7 Å². The van der Waals surface area contributed by atoms with Crippen molar-refractivity contribution in [2.24, 2.45) is 0 Å². The Morgan fingerprint density at radius 2 is 2.04 bits per heavy atom. The number of thiocarbonyl (C=S) groups is 1. The standard InChI is InChI=1S/C20H17N3O2S2/c1-12-5-8-17(27-12)19-18(14-4-2-3-9-21-14)22-20(26)23(19)13-6-7-15-16(10-13)25-11-24-15/h2-10,18-19H,11H2,1H3,(H,22,26). The predicted molar refractivity (Wildman–Crippen MR) is 110 cm³/mol. The second kappa shape index (κ2) is 6.51. The van der Waals surface area contributed by atoms with Crippen LogP contribution in [0, 0.1) is 6.92 Å². The molecule has 4 heterocycles. The highest BCUT2D eigenvalue weighted by Crippen LogP contribution is 2.45. The zero-order chi connectivity index (χ0) is 18.4. The Kier molecular flexibility index (Phi) is 3.98. The number of hydrogen-bond acceptors (Lipinski definition) is 5. The Labute approximate surface area is 166 Å². The number of nitrogens with one attached hydrogen (secondary N) is 1. The summed E-state index contributed by atoms with van der Waals surface area (Å²) in [4.78, 5) is 9.24. The highest BCUT2D eigenvalue weighted by atomic mass is 32.1. The van der Waals surface area contributed by atoms with E-state index in [2.05, 4.69) is 34.3 Å². The zero-order valence-corrected chi connectivity index (χ0v) is 16.2. The first-order valence-electron chi connectivity index (χ1n) is 8.67. The van der Waals surface area contributed by atoms with Crippen LogP contribution in [-0.4, -0.2) is 16.9 Å². The predicted octanol–water partition coefficient (Wildman–Crippen LogP) is 4.36. The highest BCUT2D eigenvalue weighted by molar-refractivity contribution is 7.80. The summed E-state index contributed by atoms with van der Waals surface area (Å²) < 4.78 is 11.0. The van der Waals surface area contributed by atoms with Crippen molar-refractivity contribution in [2.45, 2.75) is 19.0 Å². The van der Waals surface area contributed by atoms with E-state index in [1.54, 1.807) is 11.3 Å². The number of ether oxygens (including phenoxy) is 2. The van der Waals surface area contributed by atoms with E-state index in [0.717, 1.165) is 22.9 Å². The van der Waals surface area contributed by atoms with E-state index in [4.69, 9.17) is 21.7 Å². The summed E-state index contributed by atoms with van der Waals surface area (Å²) in [5.74, 6) is 1.51. The molecule has 2 aliphatic rings. The smallest absolute Gasteiger partial charge is 0.231 e. The SMILES string of the molecule is Cc1ccc(C2C(c3ccccn3)NC(=S)N2c2ccc3c(c2)OCO3)s1. The van der Waals surface area contributed by atoms with Crippen LogP contribution in [0.4, 0.5) is 5.69 Å². The fraction of sp³-hybridized carbons (Fsp3) is 0.200. The van der Waals surface area contributed by atoms with Gasteiger partial charge >= 0.3 is 0 Å². The van der Waals surface area contributed by atoms with Gasteiger partial charge in [-0.05, 0) is 55.5 Å². The third-order valence-electron chi connectivity index (χ3n) is 4.79. The molecule has 27 heavy (non-hydrogen) atoms. The Balaban J connectivity index is 1.61. The lowest BCUT2D eigenvalue weighted by molar-refractivity contribution is 0.174. The second-order valence-electron chi connectivity index (χ2n) is 6.48. The summed E-state index contributed by atoms with van der Waals surface area (Å²) in [6.07, 6.45) is 1.82. The first-order chi connectivity index (χ1) is 13.2. The number of benzene rings is 1. The number of rotatable bonds is 3. The van der Waals surface area contributed by atoms with Crippen LogP contribution in [0.2, 0.25) is 0 Å². The molecule has 0 spiro atoms. The monoisotopic (exact) mass is 395 g/mol. The average molecular weight is 396 g/mol. The van der Waals surface area contributed by atoms with Crippen molar-refractivity contribution in [3.8, 4) is 11.5 Å². The quantitative estimate of drug-likeness (QED) is 0.665. The lowest BCUT2D eigenvalue weighted by Crippen LogP contribution is -2.29. The lowest BCUT2D eigenvalue weighted by atomic mass is 10.0. The molecule has 2 atom stereocenters. The van der Waals surface area contributed by atoms with Crippen molar-refractivity contribution < 1.29 is 9.47 Å². The molecule has 1 aromatic carbocycles. The van der Waals surface area contributed by atoms with E-state index < -0.39 is 0 Å². The van der Waals surface area contributed by atoms with Crippen molar-refractivity contribution >= 4 is 34.4 Å². The highest BCUT2D eigenvalue weighted by Gasteiger charge is 2.41. The number of anilines is 1. The molecule has 0 aliphatic carbocycles. The van der Waals surface area contributed by atoms with E-state index in [1.165, 1.54) is 9.75 Å². The molecule has 1 saturated heterocycles. The number of pyridine rings is 1. The van der Waals surface area contributed by atoms with E-state index >= 15 is 0 Å². The van der Waals surface area contributed by atoms with Crippen molar-refractivity contribution in [1.29, 1.82) is 0 Å². The molecule has 5 rings (SSSR count). The molecule has 7 heteroatoms. The van der Waals surface area contributed by atoms with E-state index in [0.29, 0.717) is 5.11 Å². The second-order valence-corrected chi connectivity index (χ2v) is 8.19. The minimum absolute atomic E-state index is 0.0199. The molecule has 3 aromatic rings. The van der Waals surface area contributed by atoms with Gasteiger partial charge in [-0.15, -0.1) is 11.3 Å². The molecule has 5 nitrogen and oxygen atoms in total. The molecule has 1 N–H and O–H groups in total. The van der Waals surface area contributed by atoms with Gasteiger partial charge in [0.15, 0.2) is 16.6 Å². The van der Waals surface area contributed by atoms with E-state index in [-0.39, 0.29) is 18.9 Å². The van der Waals surface area contributed by atoms with Crippen LogP contribution in [0.15, 0.2) is 54.7 Å². The molecule has 2 aliphatic heterocycles. The Morgan fingerprint density at radius 3 is 2.81 bits per heavy atom. The van der Waals surface area contributed by atoms with Crippen LogP contribution in [0.3, 0.4) is 0 Å². The van der Waals surface area contributed by atoms with E-state index in [9.17, 15) is 0 Å². The first kappa shape index (κ1) is 16.5. The van der Waals surface area contributed by atoms with Crippen LogP contribution in [0.25, 0.3) is 0 Å². The maximum Gasteiger partial charge on any atom is 0.231 e. The number of nitrogens with zero attached hydrogens (tertiary/aromatic N) is 2. The van der Waals surface area contributed by atoms with Crippen molar-refractivity contribution in [2.75, 3.05) is 11.7 Å². The van der Waals surface area contributed by atoms with Gasteiger partial charge in [0.1, 0.15) is 0 Å². The van der Waals surface area contributed by atoms with Crippen molar-refractivity contribution in [1.82, 2.24) is 10.3 Å². The fourth-order valence-electron chi connectivity index (χ4n) is 3.57. The zero-order valence-electron chi connectivity index (χ0n) is 14.6. The Morgan fingerprint density at radius 1 is 1.15 bits per heavy atom. The Hall–Kier alpha value is -2.64. The molecule has 2 unspecified atom stereocenters. The number of aryl methyl sites for hydroxylation is 1. The summed E-state index contributed by atoms with van der Waals surface area (Å²) in [5, 5.41) is 4.15. The number of aromatic nitrogens is 1. The van der Waals surface area contributed by atoms with Gasteiger partial charge in [0, 0.05) is 27.7 Å². The molecule has 136 valence electrons. The van der Waals surface area contributed by atoms with Gasteiger partial charge in [-0.3, -0.25) is 4.98 Å². The van der Waals surface area contributed by atoms with Gasteiger partial charge in [-0.25, -0.2) is 0 Å².